The zero-order valence-corrected chi connectivity index (χ0v) is 38.2. The summed E-state index contributed by atoms with van der Waals surface area (Å²) in [7, 11) is 0. The van der Waals surface area contributed by atoms with Crippen molar-refractivity contribution in [1.29, 1.82) is 0 Å². The number of hydrogen-bond acceptors (Lipinski definition) is 1. The van der Waals surface area contributed by atoms with Gasteiger partial charge in [0.15, 0.2) is 0 Å². The molecule has 13 aromatic rings. The maximum absolute atomic E-state index is 2.50. The molecule has 0 fully saturated rings. The molecule has 326 valence electrons. The van der Waals surface area contributed by atoms with E-state index in [0.29, 0.717) is 0 Å². The Morgan fingerprint density at radius 3 is 1.36 bits per heavy atom. The van der Waals surface area contributed by atoms with E-state index in [1.54, 1.807) is 0 Å². The quantitative estimate of drug-likeness (QED) is 0.162. The van der Waals surface area contributed by atoms with E-state index < -0.39 is 5.41 Å². The largest absolute Gasteiger partial charge is 0.310 e. The first-order valence-electron chi connectivity index (χ1n) is 24.3. The zero-order chi connectivity index (χ0) is 45.9. The van der Waals surface area contributed by atoms with Crippen molar-refractivity contribution in [2.24, 2.45) is 0 Å². The number of anilines is 3. The molecular weight excluding hydrogens is 847 g/mol. The van der Waals surface area contributed by atoms with Crippen molar-refractivity contribution in [3.63, 3.8) is 0 Å². The van der Waals surface area contributed by atoms with Gasteiger partial charge in [-0.25, -0.2) is 0 Å². The zero-order valence-electron chi connectivity index (χ0n) is 38.2. The summed E-state index contributed by atoms with van der Waals surface area (Å²) in [4.78, 5) is 2.48. The van der Waals surface area contributed by atoms with Gasteiger partial charge in [0, 0.05) is 55.5 Å². The lowest BCUT2D eigenvalue weighted by atomic mass is 9.70. The molecule has 0 saturated heterocycles. The van der Waals surface area contributed by atoms with E-state index in [0.717, 1.165) is 39.6 Å². The molecule has 0 N–H and O–H groups in total. The van der Waals surface area contributed by atoms with Gasteiger partial charge >= 0.3 is 0 Å². The number of benzene rings is 11. The van der Waals surface area contributed by atoms with Gasteiger partial charge in [-0.1, -0.05) is 188 Å². The Labute approximate surface area is 406 Å². The minimum Gasteiger partial charge on any atom is -0.310 e. The second kappa shape index (κ2) is 14.9. The van der Waals surface area contributed by atoms with Gasteiger partial charge in [0.2, 0.25) is 0 Å². The fourth-order valence-corrected chi connectivity index (χ4v) is 12.6. The molecule has 3 heteroatoms. The smallest absolute Gasteiger partial charge is 0.0726 e. The van der Waals surface area contributed by atoms with Crippen molar-refractivity contribution in [3.05, 3.63) is 283 Å². The first kappa shape index (κ1) is 38.9. The van der Waals surface area contributed by atoms with Crippen LogP contribution in [0.1, 0.15) is 22.3 Å². The van der Waals surface area contributed by atoms with Crippen LogP contribution >= 0.6 is 0 Å². The third-order valence-corrected chi connectivity index (χ3v) is 15.3. The minimum absolute atomic E-state index is 0.478. The van der Waals surface area contributed by atoms with Crippen molar-refractivity contribution in [2.75, 3.05) is 4.90 Å². The Morgan fingerprint density at radius 2 is 0.743 bits per heavy atom. The monoisotopic (exact) mass is 889 g/mol. The van der Waals surface area contributed by atoms with Crippen LogP contribution in [0.4, 0.5) is 17.1 Å². The molecule has 0 bridgehead atoms. The summed E-state index contributed by atoms with van der Waals surface area (Å²) in [5, 5.41) is 4.92. The van der Waals surface area contributed by atoms with Crippen LogP contribution < -0.4 is 4.90 Å². The number of aromatic nitrogens is 2. The molecule has 70 heavy (non-hydrogen) atoms. The first-order valence-corrected chi connectivity index (χ1v) is 24.3. The summed E-state index contributed by atoms with van der Waals surface area (Å²) in [6, 6.07) is 96.8. The second-order valence-electron chi connectivity index (χ2n) is 18.8. The van der Waals surface area contributed by atoms with Crippen LogP contribution in [0.15, 0.2) is 261 Å². The van der Waals surface area contributed by atoms with Crippen LogP contribution in [0.2, 0.25) is 0 Å². The number of hydrogen-bond donors (Lipinski definition) is 0. The van der Waals surface area contributed by atoms with Gasteiger partial charge in [-0.15, -0.1) is 0 Å². The maximum Gasteiger partial charge on any atom is 0.0726 e. The number of fused-ring (bicyclic) bond motifs is 16. The van der Waals surface area contributed by atoms with Gasteiger partial charge in [-0.2, -0.15) is 0 Å². The van der Waals surface area contributed by atoms with E-state index in [9.17, 15) is 0 Å². The molecule has 0 saturated carbocycles. The average molecular weight is 890 g/mol. The lowest BCUT2D eigenvalue weighted by Crippen LogP contribution is -2.26. The van der Waals surface area contributed by atoms with Crippen LogP contribution in [0.3, 0.4) is 0 Å². The molecule has 0 aliphatic heterocycles. The van der Waals surface area contributed by atoms with Gasteiger partial charge in [0.25, 0.3) is 0 Å². The first-order chi connectivity index (χ1) is 34.8. The van der Waals surface area contributed by atoms with Crippen LogP contribution in [0, 0.1) is 0 Å². The molecule has 0 atom stereocenters. The molecule has 2 heterocycles. The lowest BCUT2D eigenvalue weighted by Gasteiger charge is -2.32. The van der Waals surface area contributed by atoms with Crippen molar-refractivity contribution in [2.45, 2.75) is 5.41 Å². The lowest BCUT2D eigenvalue weighted by molar-refractivity contribution is 0.793. The summed E-state index contributed by atoms with van der Waals surface area (Å²) in [5.74, 6) is 0. The van der Waals surface area contributed by atoms with Crippen molar-refractivity contribution >= 4 is 60.7 Å². The van der Waals surface area contributed by atoms with Crippen LogP contribution in [0.25, 0.3) is 88.4 Å². The highest BCUT2D eigenvalue weighted by Gasteiger charge is 2.51. The second-order valence-corrected chi connectivity index (χ2v) is 18.8. The molecule has 0 unspecified atom stereocenters. The highest BCUT2D eigenvalue weighted by molar-refractivity contribution is 6.14. The Balaban J connectivity index is 1.04. The van der Waals surface area contributed by atoms with Gasteiger partial charge in [0.1, 0.15) is 0 Å². The number of nitrogens with zero attached hydrogens (tertiary/aromatic N) is 3. The standard InChI is InChI=1S/C67H43N3/c1-3-20-45(21-4-1)68(47-38-39-54-53-26-9-15-34-61(53)67(62(54)43-47)59-32-13-7-24-51(59)52-25-8-14-33-60(52)67)48-40-44(41-49(42-48)69-63-35-16-10-27-55(63)56-28-11-17-36-64(56)69)50-30-19-31-58-57-29-12-18-37-65(57)70(66(50)58)46-22-5-2-6-23-46/h1-43H. The van der Waals surface area contributed by atoms with Gasteiger partial charge < -0.3 is 14.0 Å². The molecule has 2 aromatic heterocycles. The average Bonchev–Trinajstić information content (AvgIpc) is 4.14. The van der Waals surface area contributed by atoms with E-state index in [-0.39, 0.29) is 0 Å². The van der Waals surface area contributed by atoms with E-state index in [2.05, 4.69) is 275 Å². The number of para-hydroxylation sites is 6. The number of rotatable bonds is 6. The van der Waals surface area contributed by atoms with E-state index in [4.69, 9.17) is 0 Å². The third kappa shape index (κ3) is 5.34. The Kier molecular flexibility index (Phi) is 8.28. The minimum atomic E-state index is -0.478. The molecule has 2 aliphatic carbocycles. The van der Waals surface area contributed by atoms with E-state index in [1.165, 1.54) is 88.1 Å². The summed E-state index contributed by atoms with van der Waals surface area (Å²) in [6.07, 6.45) is 0. The fourth-order valence-electron chi connectivity index (χ4n) is 12.6. The molecular formula is C67H43N3. The Bertz CT molecular complexity index is 4130. The summed E-state index contributed by atoms with van der Waals surface area (Å²) < 4.78 is 4.92. The molecule has 15 rings (SSSR count). The Hall–Kier alpha value is -9.18. The summed E-state index contributed by atoms with van der Waals surface area (Å²) >= 11 is 0. The molecule has 1 spiro atoms. The van der Waals surface area contributed by atoms with Gasteiger partial charge in [-0.05, 0) is 123 Å². The summed E-state index contributed by atoms with van der Waals surface area (Å²) in [6.45, 7) is 0. The van der Waals surface area contributed by atoms with Crippen LogP contribution in [-0.4, -0.2) is 9.13 Å². The van der Waals surface area contributed by atoms with E-state index in [1.807, 2.05) is 0 Å². The normalized spacial score (nSPS) is 13.0. The predicted molar refractivity (Wildman–Crippen MR) is 292 cm³/mol. The van der Waals surface area contributed by atoms with Crippen LogP contribution in [0.5, 0.6) is 0 Å². The SMILES string of the molecule is c1ccc(N(c2cc(-c3cccc4c5ccccc5n(-c5ccccc5)c34)cc(-n3c4ccccc4c4ccccc43)c2)c2ccc3c(c2)C2(c4ccccc4-c4ccccc42)c2ccccc2-3)cc1. The molecule has 0 radical (unpaired) electrons. The van der Waals surface area contributed by atoms with Crippen molar-refractivity contribution < 1.29 is 0 Å². The molecule has 11 aromatic carbocycles. The summed E-state index contributed by atoms with van der Waals surface area (Å²) in [5.41, 5.74) is 22.5. The highest BCUT2D eigenvalue weighted by Crippen LogP contribution is 2.63. The predicted octanol–water partition coefficient (Wildman–Crippen LogP) is 17.4. The third-order valence-electron chi connectivity index (χ3n) is 15.3. The van der Waals surface area contributed by atoms with Crippen LogP contribution in [-0.2, 0) is 5.41 Å². The molecule has 2 aliphatic rings. The molecule has 3 nitrogen and oxygen atoms in total. The van der Waals surface area contributed by atoms with Gasteiger partial charge in [-0.3, -0.25) is 0 Å². The van der Waals surface area contributed by atoms with E-state index >= 15 is 0 Å². The molecule has 0 amide bonds. The fraction of sp³-hybridized carbons (Fsp3) is 0.0149. The highest BCUT2D eigenvalue weighted by atomic mass is 15.1. The maximum atomic E-state index is 2.50. The van der Waals surface area contributed by atoms with Crippen molar-refractivity contribution in [3.8, 4) is 44.8 Å². The topological polar surface area (TPSA) is 13.1 Å². The van der Waals surface area contributed by atoms with Gasteiger partial charge in [0.05, 0.1) is 27.5 Å². The van der Waals surface area contributed by atoms with Crippen molar-refractivity contribution in [1.82, 2.24) is 9.13 Å². The Morgan fingerprint density at radius 1 is 0.271 bits per heavy atom.